The second-order valence-electron chi connectivity index (χ2n) is 5.60. The number of urea groups is 1. The van der Waals surface area contributed by atoms with Crippen molar-refractivity contribution in [2.75, 3.05) is 25.0 Å². The number of amides is 3. The monoisotopic (exact) mass is 379 g/mol. The molecule has 1 aromatic carbocycles. The van der Waals surface area contributed by atoms with Gasteiger partial charge in [0.25, 0.3) is 0 Å². The molecule has 2 rings (SSSR count). The molecule has 7 nitrogen and oxygen atoms in total. The molecule has 26 heavy (non-hydrogen) atoms. The first-order chi connectivity index (χ1) is 12.2. The molecule has 1 heterocycles. The number of aliphatic hydroxyl groups is 1. The van der Waals surface area contributed by atoms with E-state index in [0.29, 0.717) is 32.0 Å². The fourth-order valence-electron chi connectivity index (χ4n) is 2.51. The predicted molar refractivity (Wildman–Crippen MR) is 81.9 cm³/mol. The molecule has 1 aliphatic rings. The molecule has 11 heteroatoms. The van der Waals surface area contributed by atoms with Gasteiger partial charge in [-0.25, -0.2) is 9.18 Å². The highest BCUT2D eigenvalue weighted by molar-refractivity contribution is 5.89. The van der Waals surface area contributed by atoms with Crippen LogP contribution in [0.1, 0.15) is 12.8 Å². The summed E-state index contributed by atoms with van der Waals surface area (Å²) in [6, 6.07) is 1.67. The van der Waals surface area contributed by atoms with Gasteiger partial charge in [0, 0.05) is 30.9 Å². The maximum absolute atomic E-state index is 13.6. The van der Waals surface area contributed by atoms with Gasteiger partial charge in [-0.3, -0.25) is 4.79 Å². The third kappa shape index (κ3) is 5.76. The van der Waals surface area contributed by atoms with E-state index in [-0.39, 0.29) is 17.6 Å². The number of hydrogen-bond acceptors (Lipinski definition) is 4. The van der Waals surface area contributed by atoms with Crippen LogP contribution in [0.5, 0.6) is 5.75 Å². The Morgan fingerprint density at radius 3 is 2.46 bits per heavy atom. The van der Waals surface area contributed by atoms with Crippen molar-refractivity contribution in [3.8, 4) is 5.75 Å². The van der Waals surface area contributed by atoms with Crippen LogP contribution < -0.4 is 15.4 Å². The van der Waals surface area contributed by atoms with E-state index in [4.69, 9.17) is 5.11 Å². The normalized spacial score (nSPS) is 15.5. The lowest BCUT2D eigenvalue weighted by Crippen LogP contribution is -2.48. The number of nitrogens with zero attached hydrogens (tertiary/aromatic N) is 1. The van der Waals surface area contributed by atoms with E-state index in [2.05, 4.69) is 15.4 Å². The largest absolute Gasteiger partial charge is 0.573 e. The maximum Gasteiger partial charge on any atom is 0.573 e. The van der Waals surface area contributed by atoms with Crippen LogP contribution in [0.25, 0.3) is 0 Å². The number of aliphatic hydroxyl groups excluding tert-OH is 1. The second kappa shape index (κ2) is 8.21. The molecule has 3 amide bonds. The first kappa shape index (κ1) is 19.8. The molecule has 0 aliphatic carbocycles. The predicted octanol–water partition coefficient (Wildman–Crippen LogP) is 1.83. The minimum Gasteiger partial charge on any atom is -0.403 e. The van der Waals surface area contributed by atoms with Crippen LogP contribution in [0.4, 0.5) is 28.0 Å². The molecule has 0 atom stereocenters. The number of carbonyl (C=O) groups is 2. The number of alkyl halides is 3. The van der Waals surface area contributed by atoms with Gasteiger partial charge in [-0.2, -0.15) is 0 Å². The minimum atomic E-state index is -5.01. The molecule has 144 valence electrons. The number of hydrogen-bond donors (Lipinski definition) is 3. The topological polar surface area (TPSA) is 90.9 Å². The van der Waals surface area contributed by atoms with E-state index in [1.807, 2.05) is 0 Å². The fourth-order valence-corrected chi connectivity index (χ4v) is 2.51. The van der Waals surface area contributed by atoms with Crippen LogP contribution in [-0.2, 0) is 4.79 Å². The molecule has 1 fully saturated rings. The van der Waals surface area contributed by atoms with Crippen molar-refractivity contribution in [3.05, 3.63) is 24.0 Å². The summed E-state index contributed by atoms with van der Waals surface area (Å²) < 4.78 is 53.3. The maximum atomic E-state index is 13.6. The Morgan fingerprint density at radius 2 is 1.92 bits per heavy atom. The standard InChI is InChI=1S/C15H17F4N3O4/c16-11-7-10(1-2-12(11)26-15(17,18)19)21-14(25)20-9-3-5-22(6-4-9)13(24)8-23/h1-2,7,9,23H,3-6,8H2,(H2,20,21,25). The van der Waals surface area contributed by atoms with Gasteiger partial charge >= 0.3 is 12.4 Å². The molecular weight excluding hydrogens is 362 g/mol. The van der Waals surface area contributed by atoms with E-state index in [1.54, 1.807) is 0 Å². The van der Waals surface area contributed by atoms with Crippen molar-refractivity contribution in [1.29, 1.82) is 0 Å². The molecule has 3 N–H and O–H groups in total. The Morgan fingerprint density at radius 1 is 1.27 bits per heavy atom. The zero-order valence-electron chi connectivity index (χ0n) is 13.5. The first-order valence-electron chi connectivity index (χ1n) is 7.69. The Hall–Kier alpha value is -2.56. The highest BCUT2D eigenvalue weighted by Crippen LogP contribution is 2.27. The molecular formula is C15H17F4N3O4. The first-order valence-corrected chi connectivity index (χ1v) is 7.69. The number of ether oxygens (including phenoxy) is 1. The van der Waals surface area contributed by atoms with E-state index >= 15 is 0 Å². The smallest absolute Gasteiger partial charge is 0.403 e. The third-order valence-electron chi connectivity index (χ3n) is 3.73. The highest BCUT2D eigenvalue weighted by Gasteiger charge is 2.32. The second-order valence-corrected chi connectivity index (χ2v) is 5.60. The zero-order chi connectivity index (χ0) is 19.3. The molecule has 1 aliphatic heterocycles. The van der Waals surface area contributed by atoms with Gasteiger partial charge in [0.2, 0.25) is 5.91 Å². The van der Waals surface area contributed by atoms with Crippen molar-refractivity contribution >= 4 is 17.6 Å². The molecule has 0 aromatic heterocycles. The number of piperidine rings is 1. The van der Waals surface area contributed by atoms with Crippen LogP contribution in [0.3, 0.4) is 0 Å². The van der Waals surface area contributed by atoms with E-state index in [1.165, 1.54) is 4.90 Å². The van der Waals surface area contributed by atoms with Gasteiger partial charge in [-0.15, -0.1) is 13.2 Å². The number of benzene rings is 1. The lowest BCUT2D eigenvalue weighted by Gasteiger charge is -2.32. The molecule has 0 bridgehead atoms. The number of carbonyl (C=O) groups excluding carboxylic acids is 2. The number of halogens is 4. The van der Waals surface area contributed by atoms with Gasteiger partial charge in [0.15, 0.2) is 11.6 Å². The van der Waals surface area contributed by atoms with Crippen LogP contribution in [-0.4, -0.2) is 54.0 Å². The number of likely N-dealkylation sites (tertiary alicyclic amines) is 1. The zero-order valence-corrected chi connectivity index (χ0v) is 13.5. The van der Waals surface area contributed by atoms with Crippen molar-refractivity contribution in [1.82, 2.24) is 10.2 Å². The quantitative estimate of drug-likeness (QED) is 0.697. The highest BCUT2D eigenvalue weighted by atomic mass is 19.4. The van der Waals surface area contributed by atoms with Gasteiger partial charge < -0.3 is 25.4 Å². The van der Waals surface area contributed by atoms with E-state index in [9.17, 15) is 27.2 Å². The molecule has 0 radical (unpaired) electrons. The van der Waals surface area contributed by atoms with Crippen molar-refractivity contribution in [3.63, 3.8) is 0 Å². The molecule has 1 saturated heterocycles. The molecule has 1 aromatic rings. The van der Waals surface area contributed by atoms with Crippen LogP contribution in [0.2, 0.25) is 0 Å². The van der Waals surface area contributed by atoms with E-state index < -0.39 is 30.6 Å². The average Bonchev–Trinajstić information content (AvgIpc) is 2.56. The third-order valence-corrected chi connectivity index (χ3v) is 3.73. The van der Waals surface area contributed by atoms with Gasteiger partial charge in [0.1, 0.15) is 6.61 Å². The van der Waals surface area contributed by atoms with Gasteiger partial charge in [-0.05, 0) is 25.0 Å². The lowest BCUT2D eigenvalue weighted by molar-refractivity contribution is -0.275. The van der Waals surface area contributed by atoms with Gasteiger partial charge in [-0.1, -0.05) is 0 Å². The number of anilines is 1. The lowest BCUT2D eigenvalue weighted by atomic mass is 10.1. The Balaban J connectivity index is 1.85. The molecule has 0 saturated carbocycles. The van der Waals surface area contributed by atoms with E-state index in [0.717, 1.165) is 12.1 Å². The minimum absolute atomic E-state index is 0.0394. The summed E-state index contributed by atoms with van der Waals surface area (Å²) in [6.45, 7) is 0.184. The Bertz CT molecular complexity index is 661. The van der Waals surface area contributed by atoms with Crippen molar-refractivity contribution < 1.29 is 37.0 Å². The SMILES string of the molecule is O=C(Nc1ccc(OC(F)(F)F)c(F)c1)NC1CCN(C(=O)CO)CC1. The molecule has 0 unspecified atom stereocenters. The summed E-state index contributed by atoms with van der Waals surface area (Å²) >= 11 is 0. The fraction of sp³-hybridized carbons (Fsp3) is 0.467. The summed E-state index contributed by atoms with van der Waals surface area (Å²) in [7, 11) is 0. The summed E-state index contributed by atoms with van der Waals surface area (Å²) in [5, 5.41) is 13.7. The molecule has 0 spiro atoms. The average molecular weight is 379 g/mol. The summed E-state index contributed by atoms with van der Waals surface area (Å²) in [4.78, 5) is 24.7. The van der Waals surface area contributed by atoms with Gasteiger partial charge in [0.05, 0.1) is 0 Å². The van der Waals surface area contributed by atoms with Crippen molar-refractivity contribution in [2.45, 2.75) is 25.2 Å². The summed E-state index contributed by atoms with van der Waals surface area (Å²) in [5.74, 6) is -2.65. The Kier molecular flexibility index (Phi) is 6.24. The van der Waals surface area contributed by atoms with Crippen LogP contribution in [0, 0.1) is 5.82 Å². The van der Waals surface area contributed by atoms with Crippen molar-refractivity contribution in [2.24, 2.45) is 0 Å². The number of nitrogens with one attached hydrogen (secondary N) is 2. The Labute approximate surface area is 145 Å². The van der Waals surface area contributed by atoms with Crippen LogP contribution >= 0.6 is 0 Å². The summed E-state index contributed by atoms with van der Waals surface area (Å²) in [6.07, 6.45) is -4.06. The number of rotatable bonds is 4. The summed E-state index contributed by atoms with van der Waals surface area (Å²) in [5.41, 5.74) is -0.0394. The van der Waals surface area contributed by atoms with Crippen LogP contribution in [0.15, 0.2) is 18.2 Å².